The number of hydrogen-bond donors (Lipinski definition) is 0. The maximum Gasteiger partial charge on any atom is 0.266 e. The Morgan fingerprint density at radius 1 is 1.43 bits per heavy atom. The Morgan fingerprint density at radius 3 is 2.65 bits per heavy atom. The van der Waals surface area contributed by atoms with E-state index in [-0.39, 0.29) is 10.2 Å². The van der Waals surface area contributed by atoms with Crippen LogP contribution in [0, 0.1) is 6.92 Å². The summed E-state index contributed by atoms with van der Waals surface area (Å²) in [5, 5.41) is 11.4. The summed E-state index contributed by atoms with van der Waals surface area (Å²) in [5.74, 6) is -1.02. The molecule has 0 spiro atoms. The van der Waals surface area contributed by atoms with Crippen LogP contribution in [0.25, 0.3) is 6.08 Å². The molecule has 0 N–H and O–H groups in total. The lowest BCUT2D eigenvalue weighted by atomic mass is 10.1. The number of thiocarbonyl (C=S) groups is 1. The first-order valence-corrected chi connectivity index (χ1v) is 9.59. The van der Waals surface area contributed by atoms with E-state index in [0.29, 0.717) is 17.1 Å². The molecule has 1 aliphatic heterocycles. The van der Waals surface area contributed by atoms with Gasteiger partial charge in [0.1, 0.15) is 4.32 Å². The molecule has 1 aromatic rings. The van der Waals surface area contributed by atoms with Crippen LogP contribution >= 0.6 is 35.7 Å². The number of aryl methyl sites for hydroxylation is 1. The first-order chi connectivity index (χ1) is 10.9. The first kappa shape index (κ1) is 18.0. The number of thioether (sulfide) groups is 2. The fourth-order valence-corrected chi connectivity index (χ4v) is 3.96. The van der Waals surface area contributed by atoms with Crippen molar-refractivity contribution in [1.29, 1.82) is 0 Å². The van der Waals surface area contributed by atoms with E-state index in [9.17, 15) is 14.7 Å². The summed E-state index contributed by atoms with van der Waals surface area (Å²) in [6.45, 7) is 1.99. The molecular formula is C16H16NO3S3-. The van der Waals surface area contributed by atoms with Gasteiger partial charge in [-0.05, 0) is 37.0 Å². The number of carboxylic acids is 1. The molecule has 23 heavy (non-hydrogen) atoms. The van der Waals surface area contributed by atoms with Crippen LogP contribution in [0.3, 0.4) is 0 Å². The van der Waals surface area contributed by atoms with Crippen molar-refractivity contribution >= 4 is 58.0 Å². The quantitative estimate of drug-likeness (QED) is 0.567. The number of nitrogens with zero attached hydrogens (tertiary/aromatic N) is 1. The normalized spacial score (nSPS) is 17.8. The molecule has 0 bridgehead atoms. The number of amides is 1. The number of benzene rings is 1. The van der Waals surface area contributed by atoms with Gasteiger partial charge in [-0.15, -0.1) is 0 Å². The number of carbonyl (C=O) groups excluding carboxylic acids is 2. The Hall–Kier alpha value is -1.31. The molecule has 2 rings (SSSR count). The molecule has 122 valence electrons. The van der Waals surface area contributed by atoms with Gasteiger partial charge in [-0.2, -0.15) is 11.8 Å². The third-order valence-corrected chi connectivity index (χ3v) is 5.35. The van der Waals surface area contributed by atoms with Gasteiger partial charge in [0.25, 0.3) is 5.91 Å². The lowest BCUT2D eigenvalue weighted by Gasteiger charge is -2.27. The molecule has 1 aromatic carbocycles. The maximum atomic E-state index is 12.5. The zero-order valence-corrected chi connectivity index (χ0v) is 15.2. The summed E-state index contributed by atoms with van der Waals surface area (Å²) >= 11 is 7.86. The van der Waals surface area contributed by atoms with E-state index in [1.165, 1.54) is 16.7 Å². The van der Waals surface area contributed by atoms with Crippen molar-refractivity contribution in [3.8, 4) is 0 Å². The van der Waals surface area contributed by atoms with Gasteiger partial charge in [0.2, 0.25) is 0 Å². The minimum Gasteiger partial charge on any atom is -0.548 e. The SMILES string of the molecule is CSCC[C@H](C(=O)[O-])N1C(=O)/C(=C/c2ccc(C)cc2)SC1=S. The van der Waals surface area contributed by atoms with Crippen molar-refractivity contribution in [3.63, 3.8) is 0 Å². The predicted molar refractivity (Wildman–Crippen MR) is 98.0 cm³/mol. The molecule has 0 aliphatic carbocycles. The number of carboxylic acid groups (broad SMARTS) is 1. The highest BCUT2D eigenvalue weighted by atomic mass is 32.2. The van der Waals surface area contributed by atoms with E-state index < -0.39 is 12.0 Å². The second kappa shape index (κ2) is 7.99. The highest BCUT2D eigenvalue weighted by Gasteiger charge is 2.37. The van der Waals surface area contributed by atoms with Gasteiger partial charge in [-0.1, -0.05) is 53.8 Å². The molecular weight excluding hydrogens is 350 g/mol. The molecule has 0 saturated carbocycles. The average molecular weight is 367 g/mol. The maximum absolute atomic E-state index is 12.5. The average Bonchev–Trinajstić information content (AvgIpc) is 2.77. The standard InChI is InChI=1S/C16H17NO3S3/c1-10-3-5-11(6-4-10)9-13-14(18)17(16(21)23-13)12(15(19)20)7-8-22-2/h3-6,9,12H,7-8H2,1-2H3,(H,19,20)/p-1/b13-9-/t12-/m1/s1. The highest BCUT2D eigenvalue weighted by Crippen LogP contribution is 2.34. The van der Waals surface area contributed by atoms with E-state index in [1.54, 1.807) is 6.08 Å². The molecule has 1 atom stereocenters. The number of carbonyl (C=O) groups is 2. The van der Waals surface area contributed by atoms with E-state index in [0.717, 1.165) is 22.9 Å². The van der Waals surface area contributed by atoms with Crippen LogP contribution in [0.2, 0.25) is 0 Å². The summed E-state index contributed by atoms with van der Waals surface area (Å²) < 4.78 is 0.267. The van der Waals surface area contributed by atoms with Crippen LogP contribution in [0.1, 0.15) is 17.5 Å². The number of aliphatic carboxylic acids is 1. The summed E-state index contributed by atoms with van der Waals surface area (Å²) in [6, 6.07) is 6.71. The van der Waals surface area contributed by atoms with Gasteiger partial charge in [-0.3, -0.25) is 9.69 Å². The molecule has 7 heteroatoms. The first-order valence-electron chi connectivity index (χ1n) is 6.97. The van der Waals surface area contributed by atoms with Crippen LogP contribution in [-0.2, 0) is 9.59 Å². The fraction of sp³-hybridized carbons (Fsp3) is 0.312. The molecule has 1 fully saturated rings. The van der Waals surface area contributed by atoms with E-state index >= 15 is 0 Å². The molecule has 0 unspecified atom stereocenters. The van der Waals surface area contributed by atoms with Crippen molar-refractivity contribution in [2.75, 3.05) is 12.0 Å². The van der Waals surface area contributed by atoms with Crippen LogP contribution in [0.5, 0.6) is 0 Å². The second-order valence-corrected chi connectivity index (χ2v) is 7.74. The molecule has 1 aliphatic rings. The molecule has 1 saturated heterocycles. The number of hydrogen-bond acceptors (Lipinski definition) is 6. The monoisotopic (exact) mass is 366 g/mol. The van der Waals surface area contributed by atoms with Crippen molar-refractivity contribution in [3.05, 3.63) is 40.3 Å². The summed E-state index contributed by atoms with van der Waals surface area (Å²) in [6.07, 6.45) is 3.93. The van der Waals surface area contributed by atoms with E-state index in [4.69, 9.17) is 12.2 Å². The third-order valence-electron chi connectivity index (χ3n) is 3.38. The Labute approximate surface area is 149 Å². The highest BCUT2D eigenvalue weighted by molar-refractivity contribution is 8.26. The minimum atomic E-state index is -1.27. The second-order valence-electron chi connectivity index (χ2n) is 5.08. The Kier molecular flexibility index (Phi) is 6.26. The van der Waals surface area contributed by atoms with Crippen molar-refractivity contribution in [2.24, 2.45) is 0 Å². The zero-order chi connectivity index (χ0) is 17.0. The van der Waals surface area contributed by atoms with Gasteiger partial charge >= 0.3 is 0 Å². The van der Waals surface area contributed by atoms with Gasteiger partial charge < -0.3 is 9.90 Å². The Balaban J connectivity index is 2.24. The molecule has 0 radical (unpaired) electrons. The van der Waals surface area contributed by atoms with Gasteiger partial charge in [0, 0.05) is 0 Å². The largest absolute Gasteiger partial charge is 0.548 e. The van der Waals surface area contributed by atoms with Crippen LogP contribution in [0.4, 0.5) is 0 Å². The smallest absolute Gasteiger partial charge is 0.266 e. The molecule has 0 aromatic heterocycles. The fourth-order valence-electron chi connectivity index (χ4n) is 2.14. The number of rotatable bonds is 6. The van der Waals surface area contributed by atoms with E-state index in [1.807, 2.05) is 37.4 Å². The van der Waals surface area contributed by atoms with Crippen molar-refractivity contribution in [2.45, 2.75) is 19.4 Å². The van der Waals surface area contributed by atoms with Crippen LogP contribution in [0.15, 0.2) is 29.2 Å². The zero-order valence-electron chi connectivity index (χ0n) is 12.8. The summed E-state index contributed by atoms with van der Waals surface area (Å²) in [5.41, 5.74) is 2.01. The minimum absolute atomic E-state index is 0.267. The summed E-state index contributed by atoms with van der Waals surface area (Å²) in [4.78, 5) is 25.5. The topological polar surface area (TPSA) is 60.4 Å². The lowest BCUT2D eigenvalue weighted by molar-refractivity contribution is -0.310. The van der Waals surface area contributed by atoms with Gasteiger partial charge in [0.15, 0.2) is 0 Å². The molecule has 4 nitrogen and oxygen atoms in total. The lowest BCUT2D eigenvalue weighted by Crippen LogP contribution is -2.50. The Morgan fingerprint density at radius 2 is 2.09 bits per heavy atom. The van der Waals surface area contributed by atoms with E-state index in [2.05, 4.69) is 0 Å². The van der Waals surface area contributed by atoms with Crippen molar-refractivity contribution < 1.29 is 14.7 Å². The van der Waals surface area contributed by atoms with Crippen LogP contribution in [-0.4, -0.2) is 39.1 Å². The molecule has 1 heterocycles. The predicted octanol–water partition coefficient (Wildman–Crippen LogP) is 2.07. The third kappa shape index (κ3) is 4.37. The van der Waals surface area contributed by atoms with Crippen LogP contribution < -0.4 is 5.11 Å². The van der Waals surface area contributed by atoms with Crippen molar-refractivity contribution in [1.82, 2.24) is 4.90 Å². The Bertz CT molecular complexity index is 655. The molecule has 1 amide bonds. The van der Waals surface area contributed by atoms with Gasteiger partial charge in [0.05, 0.1) is 16.9 Å². The van der Waals surface area contributed by atoms with Gasteiger partial charge in [-0.25, -0.2) is 0 Å². The summed E-state index contributed by atoms with van der Waals surface area (Å²) in [7, 11) is 0.